The van der Waals surface area contributed by atoms with Crippen molar-refractivity contribution in [3.05, 3.63) is 71.1 Å². The summed E-state index contributed by atoms with van der Waals surface area (Å²) in [6, 6.07) is 6.99. The number of hydrogen-bond donors (Lipinski definition) is 2. The van der Waals surface area contributed by atoms with Crippen LogP contribution in [0, 0.1) is 30.3 Å². The molecule has 4 rings (SSSR count). The lowest BCUT2D eigenvalue weighted by Gasteiger charge is -2.40. The number of carbonyl (C=O) groups is 1. The number of rotatable bonds is 6. The van der Waals surface area contributed by atoms with Gasteiger partial charge < -0.3 is 15.5 Å². The van der Waals surface area contributed by atoms with Crippen LogP contribution in [0.1, 0.15) is 42.6 Å². The van der Waals surface area contributed by atoms with Crippen molar-refractivity contribution in [3.8, 4) is 0 Å². The molecule has 2 aromatic rings. The molecular weight excluding hydrogens is 415 g/mol. The van der Waals surface area contributed by atoms with Crippen molar-refractivity contribution in [2.75, 3.05) is 25.0 Å². The van der Waals surface area contributed by atoms with Gasteiger partial charge in [-0.25, -0.2) is 13.2 Å². The molecule has 1 aliphatic heterocycles. The molecule has 1 saturated heterocycles. The van der Waals surface area contributed by atoms with Crippen molar-refractivity contribution in [3.63, 3.8) is 0 Å². The van der Waals surface area contributed by atoms with Gasteiger partial charge >= 0.3 is 0 Å². The van der Waals surface area contributed by atoms with E-state index in [-0.39, 0.29) is 16.9 Å². The average Bonchev–Trinajstić information content (AvgIpc) is 3.27. The van der Waals surface area contributed by atoms with E-state index in [0.717, 1.165) is 25.5 Å². The first kappa shape index (κ1) is 23.9. The van der Waals surface area contributed by atoms with Crippen LogP contribution in [0.15, 0.2) is 42.5 Å². The van der Waals surface area contributed by atoms with E-state index >= 15 is 0 Å². The molecule has 2 aliphatic rings. The first-order chi connectivity index (χ1) is 15.4. The monoisotopic (exact) mass is 445 g/mol. The van der Waals surface area contributed by atoms with Crippen molar-refractivity contribution < 1.29 is 18.0 Å². The highest BCUT2D eigenvalue weighted by Gasteiger charge is 2.33. The Balaban J connectivity index is 0.00000141. The summed E-state index contributed by atoms with van der Waals surface area (Å²) in [6.07, 6.45) is 6.36. The molecule has 4 nitrogen and oxygen atoms in total. The van der Waals surface area contributed by atoms with Crippen LogP contribution in [0.3, 0.4) is 0 Å². The molecule has 1 heterocycles. The highest BCUT2D eigenvalue weighted by molar-refractivity contribution is 6.01. The van der Waals surface area contributed by atoms with E-state index in [0.29, 0.717) is 30.6 Å². The topological polar surface area (TPSA) is 44.4 Å². The van der Waals surface area contributed by atoms with Crippen molar-refractivity contribution >= 4 is 17.3 Å². The number of amides is 1. The molecule has 0 spiro atoms. The molecular formula is C25H30F3N3O. The molecule has 2 aromatic carbocycles. The van der Waals surface area contributed by atoms with Gasteiger partial charge in [0.1, 0.15) is 5.82 Å². The zero-order valence-electron chi connectivity index (χ0n) is 18.7. The maximum atomic E-state index is 14.5. The Hall–Kier alpha value is -2.80. The van der Waals surface area contributed by atoms with Crippen molar-refractivity contribution in [2.45, 2.75) is 39.7 Å². The standard InChI is InChI=1S/C23H24F3N3O.C2H6/c1-14-6-9-20(19(25)10-14)28-22-17(7-8-18(24)21(22)26)23(30)29-12-15(13-29)11-27-16-4-2-3-5-16;1-2/h2-3,6-10,15-16,27-28H,4-5,11-13H2,1H3;1-2H3. The molecule has 0 atom stereocenters. The number of carbonyl (C=O) groups excluding carboxylic acids is 1. The summed E-state index contributed by atoms with van der Waals surface area (Å²) in [6.45, 7) is 7.63. The Labute approximate surface area is 187 Å². The van der Waals surface area contributed by atoms with Crippen molar-refractivity contribution in [1.29, 1.82) is 0 Å². The van der Waals surface area contributed by atoms with E-state index in [9.17, 15) is 18.0 Å². The number of likely N-dealkylation sites (tertiary alicyclic amines) is 1. The molecule has 0 bridgehead atoms. The highest BCUT2D eigenvalue weighted by Crippen LogP contribution is 2.30. The van der Waals surface area contributed by atoms with E-state index in [1.807, 2.05) is 13.8 Å². The Bertz CT molecular complexity index is 979. The van der Waals surface area contributed by atoms with Gasteiger partial charge in [-0.1, -0.05) is 32.1 Å². The van der Waals surface area contributed by atoms with Gasteiger partial charge in [0.05, 0.1) is 16.9 Å². The van der Waals surface area contributed by atoms with Gasteiger partial charge in [0.25, 0.3) is 5.91 Å². The van der Waals surface area contributed by atoms with Crippen LogP contribution < -0.4 is 10.6 Å². The van der Waals surface area contributed by atoms with Crippen molar-refractivity contribution in [1.82, 2.24) is 10.2 Å². The fourth-order valence-corrected chi connectivity index (χ4v) is 3.86. The molecule has 2 N–H and O–H groups in total. The van der Waals surface area contributed by atoms with Gasteiger partial charge in [0.15, 0.2) is 11.6 Å². The first-order valence-corrected chi connectivity index (χ1v) is 11.1. The van der Waals surface area contributed by atoms with E-state index in [1.54, 1.807) is 17.9 Å². The van der Waals surface area contributed by atoms with E-state index in [2.05, 4.69) is 22.8 Å². The minimum Gasteiger partial charge on any atom is -0.350 e. The fraction of sp³-hybridized carbons (Fsp3) is 0.400. The van der Waals surface area contributed by atoms with E-state index in [4.69, 9.17) is 0 Å². The lowest BCUT2D eigenvalue weighted by atomic mass is 9.97. The predicted molar refractivity (Wildman–Crippen MR) is 122 cm³/mol. The second-order valence-corrected chi connectivity index (χ2v) is 8.02. The van der Waals surface area contributed by atoms with Gasteiger partial charge in [-0.3, -0.25) is 4.79 Å². The van der Waals surface area contributed by atoms with E-state index in [1.165, 1.54) is 18.2 Å². The zero-order chi connectivity index (χ0) is 23.3. The molecule has 0 radical (unpaired) electrons. The molecule has 1 aliphatic carbocycles. The summed E-state index contributed by atoms with van der Waals surface area (Å²) in [5.41, 5.74) is 0.319. The van der Waals surface area contributed by atoms with Crippen LogP contribution >= 0.6 is 0 Å². The average molecular weight is 446 g/mol. The third-order valence-corrected chi connectivity index (χ3v) is 5.66. The summed E-state index contributed by atoms with van der Waals surface area (Å²) >= 11 is 0. The third kappa shape index (κ3) is 5.33. The van der Waals surface area contributed by atoms with Crippen LogP contribution in [0.2, 0.25) is 0 Å². The number of aryl methyl sites for hydroxylation is 1. The summed E-state index contributed by atoms with van der Waals surface area (Å²) < 4.78 is 42.6. The summed E-state index contributed by atoms with van der Waals surface area (Å²) in [5.74, 6) is -2.98. The molecule has 0 saturated carbocycles. The van der Waals surface area contributed by atoms with Gasteiger partial charge in [-0.05, 0) is 49.6 Å². The fourth-order valence-electron chi connectivity index (χ4n) is 3.86. The number of benzene rings is 2. The maximum absolute atomic E-state index is 14.5. The second-order valence-electron chi connectivity index (χ2n) is 8.02. The largest absolute Gasteiger partial charge is 0.350 e. The summed E-state index contributed by atoms with van der Waals surface area (Å²) in [5, 5.41) is 6.07. The van der Waals surface area contributed by atoms with Crippen LogP contribution in [-0.2, 0) is 0 Å². The molecule has 1 amide bonds. The second kappa shape index (κ2) is 10.7. The van der Waals surface area contributed by atoms with Gasteiger partial charge in [-0.15, -0.1) is 0 Å². The van der Waals surface area contributed by atoms with E-state index < -0.39 is 23.4 Å². The number of nitrogens with zero attached hydrogens (tertiary/aromatic N) is 1. The van der Waals surface area contributed by atoms with Crippen LogP contribution in [0.25, 0.3) is 0 Å². The predicted octanol–water partition coefficient (Wildman–Crippen LogP) is 5.56. The third-order valence-electron chi connectivity index (χ3n) is 5.66. The molecule has 1 fully saturated rings. The van der Waals surface area contributed by atoms with Crippen molar-refractivity contribution in [2.24, 2.45) is 5.92 Å². The lowest BCUT2D eigenvalue weighted by Crippen LogP contribution is -2.54. The number of hydrogen-bond acceptors (Lipinski definition) is 3. The van der Waals surface area contributed by atoms with Crippen LogP contribution in [0.5, 0.6) is 0 Å². The molecule has 0 unspecified atom stereocenters. The number of nitrogens with one attached hydrogen (secondary N) is 2. The Morgan fingerprint density at radius 3 is 2.38 bits per heavy atom. The number of halogens is 3. The van der Waals surface area contributed by atoms with Gasteiger partial charge in [0, 0.05) is 31.6 Å². The Morgan fingerprint density at radius 2 is 1.72 bits per heavy atom. The smallest absolute Gasteiger partial charge is 0.256 e. The first-order valence-electron chi connectivity index (χ1n) is 11.1. The van der Waals surface area contributed by atoms with Crippen LogP contribution in [0.4, 0.5) is 24.5 Å². The van der Waals surface area contributed by atoms with Crippen LogP contribution in [-0.4, -0.2) is 36.5 Å². The summed E-state index contributed by atoms with van der Waals surface area (Å²) in [4.78, 5) is 14.5. The maximum Gasteiger partial charge on any atom is 0.256 e. The van der Waals surface area contributed by atoms with Gasteiger partial charge in [-0.2, -0.15) is 0 Å². The lowest BCUT2D eigenvalue weighted by molar-refractivity contribution is 0.0497. The molecule has 7 heteroatoms. The quantitative estimate of drug-likeness (QED) is 0.572. The Kier molecular flexibility index (Phi) is 7.96. The minimum absolute atomic E-state index is 0.0136. The highest BCUT2D eigenvalue weighted by atomic mass is 19.2. The summed E-state index contributed by atoms with van der Waals surface area (Å²) in [7, 11) is 0. The molecule has 0 aromatic heterocycles. The SMILES string of the molecule is CC.Cc1ccc(Nc2c(C(=O)N3CC(CNC4CC=CC4)C3)ccc(F)c2F)c(F)c1. The Morgan fingerprint density at radius 1 is 1.03 bits per heavy atom. The zero-order valence-corrected chi connectivity index (χ0v) is 18.7. The number of anilines is 2. The normalized spacial score (nSPS) is 15.9. The molecule has 32 heavy (non-hydrogen) atoms. The minimum atomic E-state index is -1.20. The molecule has 172 valence electrons. The van der Waals surface area contributed by atoms with Gasteiger partial charge in [0.2, 0.25) is 0 Å².